The summed E-state index contributed by atoms with van der Waals surface area (Å²) in [7, 11) is 2.10. The highest BCUT2D eigenvalue weighted by molar-refractivity contribution is 5.80. The third kappa shape index (κ3) is 3.02. The fourth-order valence-electron chi connectivity index (χ4n) is 7.29. The number of carbonyl (C=O) groups excluding carboxylic acids is 3. The first-order valence-electron chi connectivity index (χ1n) is 13.8. The summed E-state index contributed by atoms with van der Waals surface area (Å²) in [5.74, 6) is 0.726. The second-order valence-corrected chi connectivity index (χ2v) is 12.1. The van der Waals surface area contributed by atoms with Gasteiger partial charge in [0.2, 0.25) is 0 Å². The summed E-state index contributed by atoms with van der Waals surface area (Å²) in [6, 6.07) is 3.83. The third-order valence-electron chi connectivity index (χ3n) is 9.74. The van der Waals surface area contributed by atoms with Gasteiger partial charge in [-0.2, -0.15) is 0 Å². The number of benzene rings is 1. The van der Waals surface area contributed by atoms with Crippen LogP contribution in [-0.2, 0) is 35.7 Å². The Bertz CT molecular complexity index is 1280. The van der Waals surface area contributed by atoms with Crippen LogP contribution in [0.25, 0.3) is 0 Å². The van der Waals surface area contributed by atoms with Gasteiger partial charge in [0.05, 0.1) is 29.2 Å². The molecule has 0 amide bonds. The van der Waals surface area contributed by atoms with E-state index in [1.165, 1.54) is 0 Å². The van der Waals surface area contributed by atoms with Gasteiger partial charge in [-0.3, -0.25) is 19.3 Å². The average molecular weight is 506 g/mol. The van der Waals surface area contributed by atoms with Crippen LogP contribution in [0.15, 0.2) is 24.0 Å². The van der Waals surface area contributed by atoms with Gasteiger partial charge in [-0.15, -0.1) is 0 Å². The molecule has 1 saturated heterocycles. The zero-order valence-corrected chi connectivity index (χ0v) is 21.0. The third-order valence-corrected chi connectivity index (χ3v) is 9.74. The summed E-state index contributed by atoms with van der Waals surface area (Å²) in [4.78, 5) is 41.0. The number of likely N-dealkylation sites (N-methyl/N-ethyl adjacent to an activating group) is 1. The first-order chi connectivity index (χ1) is 17.9. The predicted molar refractivity (Wildman–Crippen MR) is 129 cm³/mol. The van der Waals surface area contributed by atoms with Crippen molar-refractivity contribution < 1.29 is 33.3 Å². The van der Waals surface area contributed by atoms with Crippen molar-refractivity contribution in [2.45, 2.75) is 80.9 Å². The van der Waals surface area contributed by atoms with E-state index in [1.807, 2.05) is 18.2 Å². The minimum absolute atomic E-state index is 0.0368. The smallest absolute Gasteiger partial charge is 0.314 e. The Morgan fingerprint density at radius 2 is 1.62 bits per heavy atom. The number of hydrogen-bond donors (Lipinski definition) is 0. The largest absolute Gasteiger partial charge is 0.477 e. The van der Waals surface area contributed by atoms with Crippen molar-refractivity contribution in [3.8, 4) is 11.5 Å². The maximum atomic E-state index is 13.3. The van der Waals surface area contributed by atoms with Gasteiger partial charge in [-0.25, -0.2) is 0 Å². The highest BCUT2D eigenvalue weighted by atomic mass is 16.6. The van der Waals surface area contributed by atoms with Crippen molar-refractivity contribution in [1.82, 2.24) is 4.90 Å². The standard InChI is InChI=1S/C29H31NO7/c1-30-13-12-28-22-18-8-9-19(34-25(31)15-2-3-15)23(22)36-24(28)20(35-26(32)16-4-5-16)10-11-29(28,21(30)14-18)37-27(33)17-6-7-17/h8-10,15-17,21,24H,2-7,11-14H2,1H3. The molecule has 2 bridgehead atoms. The number of esters is 3. The van der Waals surface area contributed by atoms with Gasteiger partial charge in [0.15, 0.2) is 17.6 Å². The molecule has 8 heteroatoms. The number of likely N-dealkylation sites (tertiary alicyclic amines) is 1. The Hall–Kier alpha value is -2.87. The van der Waals surface area contributed by atoms with Crippen LogP contribution in [0, 0.1) is 17.8 Å². The molecular weight excluding hydrogens is 474 g/mol. The highest BCUT2D eigenvalue weighted by Gasteiger charge is 2.75. The van der Waals surface area contributed by atoms with Gasteiger partial charge >= 0.3 is 17.9 Å². The number of ether oxygens (including phenoxy) is 4. The zero-order chi connectivity index (χ0) is 25.1. The second-order valence-electron chi connectivity index (χ2n) is 12.1. The quantitative estimate of drug-likeness (QED) is 0.430. The molecule has 8 nitrogen and oxygen atoms in total. The number of rotatable bonds is 6. The van der Waals surface area contributed by atoms with Crippen LogP contribution in [0.5, 0.6) is 11.5 Å². The summed E-state index contributed by atoms with van der Waals surface area (Å²) in [5, 5.41) is 0. The van der Waals surface area contributed by atoms with Gasteiger partial charge in [0.1, 0.15) is 11.4 Å². The SMILES string of the molecule is CN1CCC23c4c5ccc(OC(=O)C6CC6)c4OC2C(OC(=O)C2CC2)=CCC3(OC(=O)C2CC2)C1C5. The van der Waals surface area contributed by atoms with Crippen molar-refractivity contribution in [3.05, 3.63) is 35.1 Å². The van der Waals surface area contributed by atoms with E-state index in [0.29, 0.717) is 36.5 Å². The molecule has 0 aromatic heterocycles. The Morgan fingerprint density at radius 1 is 0.946 bits per heavy atom. The lowest BCUT2D eigenvalue weighted by Crippen LogP contribution is -2.75. The van der Waals surface area contributed by atoms with Gasteiger partial charge in [-0.05, 0) is 82.7 Å². The van der Waals surface area contributed by atoms with E-state index in [0.717, 1.165) is 56.2 Å². The Kier molecular flexibility index (Phi) is 4.41. The molecule has 4 atom stereocenters. The fraction of sp³-hybridized carbons (Fsp3) is 0.621. The van der Waals surface area contributed by atoms with E-state index in [-0.39, 0.29) is 41.7 Å². The molecule has 194 valence electrons. The van der Waals surface area contributed by atoms with Gasteiger partial charge in [-0.1, -0.05) is 6.07 Å². The zero-order valence-electron chi connectivity index (χ0n) is 21.0. The van der Waals surface area contributed by atoms with Crippen molar-refractivity contribution >= 4 is 17.9 Å². The molecule has 4 unspecified atom stereocenters. The molecule has 2 aliphatic heterocycles. The average Bonchev–Trinajstić information content (AvgIpc) is 3.74. The Balaban J connectivity index is 1.30. The molecule has 1 aromatic carbocycles. The molecule has 5 aliphatic carbocycles. The highest BCUT2D eigenvalue weighted by Crippen LogP contribution is 2.67. The fourth-order valence-corrected chi connectivity index (χ4v) is 7.29. The lowest BCUT2D eigenvalue weighted by Gasteiger charge is -2.62. The maximum Gasteiger partial charge on any atom is 0.314 e. The van der Waals surface area contributed by atoms with Crippen LogP contribution in [-0.4, -0.2) is 54.1 Å². The second kappa shape index (κ2) is 7.37. The minimum Gasteiger partial charge on any atom is -0.477 e. The first kappa shape index (κ1) is 22.1. The topological polar surface area (TPSA) is 91.4 Å². The van der Waals surface area contributed by atoms with Crippen LogP contribution < -0.4 is 9.47 Å². The molecule has 1 aromatic rings. The molecule has 1 spiro atoms. The Labute approximate surface area is 215 Å². The van der Waals surface area contributed by atoms with E-state index in [1.54, 1.807) is 0 Å². The summed E-state index contributed by atoms with van der Waals surface area (Å²) in [5.41, 5.74) is 0.526. The van der Waals surface area contributed by atoms with Gasteiger partial charge < -0.3 is 18.9 Å². The number of carbonyl (C=O) groups is 3. The maximum absolute atomic E-state index is 13.3. The van der Waals surface area contributed by atoms with E-state index < -0.39 is 17.1 Å². The lowest BCUT2D eigenvalue weighted by molar-refractivity contribution is -0.207. The van der Waals surface area contributed by atoms with Crippen LogP contribution in [0.4, 0.5) is 0 Å². The first-order valence-corrected chi connectivity index (χ1v) is 13.8. The molecule has 0 radical (unpaired) electrons. The van der Waals surface area contributed by atoms with Crippen LogP contribution in [0.2, 0.25) is 0 Å². The summed E-state index contributed by atoms with van der Waals surface area (Å²) < 4.78 is 25.2. The van der Waals surface area contributed by atoms with Crippen molar-refractivity contribution in [3.63, 3.8) is 0 Å². The molecule has 3 saturated carbocycles. The van der Waals surface area contributed by atoms with Crippen LogP contribution >= 0.6 is 0 Å². The minimum atomic E-state index is -0.850. The molecule has 8 rings (SSSR count). The number of hydrogen-bond acceptors (Lipinski definition) is 8. The van der Waals surface area contributed by atoms with E-state index in [2.05, 4.69) is 11.9 Å². The summed E-state index contributed by atoms with van der Waals surface area (Å²) in [6.07, 6.45) is 8.28. The number of piperidine rings is 1. The van der Waals surface area contributed by atoms with Crippen molar-refractivity contribution in [1.29, 1.82) is 0 Å². The molecular formula is C29H31NO7. The summed E-state index contributed by atoms with van der Waals surface area (Å²) in [6.45, 7) is 0.794. The normalized spacial score (nSPS) is 35.1. The number of nitrogens with zero attached hydrogens (tertiary/aromatic N) is 1. The van der Waals surface area contributed by atoms with Gasteiger partial charge in [0.25, 0.3) is 0 Å². The molecule has 7 aliphatic rings. The van der Waals surface area contributed by atoms with Crippen molar-refractivity contribution in [2.24, 2.45) is 17.8 Å². The van der Waals surface area contributed by atoms with Crippen molar-refractivity contribution in [2.75, 3.05) is 13.6 Å². The van der Waals surface area contributed by atoms with Crippen LogP contribution in [0.3, 0.4) is 0 Å². The molecule has 4 fully saturated rings. The monoisotopic (exact) mass is 505 g/mol. The predicted octanol–water partition coefficient (Wildman–Crippen LogP) is 3.19. The van der Waals surface area contributed by atoms with Crippen LogP contribution in [0.1, 0.15) is 62.5 Å². The summed E-state index contributed by atoms with van der Waals surface area (Å²) >= 11 is 0. The van der Waals surface area contributed by atoms with Gasteiger partial charge in [0, 0.05) is 12.0 Å². The molecule has 0 N–H and O–H groups in total. The van der Waals surface area contributed by atoms with E-state index >= 15 is 0 Å². The molecule has 2 heterocycles. The van der Waals surface area contributed by atoms with E-state index in [4.69, 9.17) is 18.9 Å². The molecule has 37 heavy (non-hydrogen) atoms. The lowest BCUT2D eigenvalue weighted by atomic mass is 9.50. The van der Waals surface area contributed by atoms with E-state index in [9.17, 15) is 14.4 Å². The Morgan fingerprint density at radius 3 is 2.32 bits per heavy atom.